The lowest BCUT2D eigenvalue weighted by Gasteiger charge is -2.33. The second kappa shape index (κ2) is 10.7. The number of hydrogen-bond acceptors (Lipinski definition) is 5. The molecule has 0 aliphatic heterocycles. The Hall–Kier alpha value is -3.58. The van der Waals surface area contributed by atoms with Crippen LogP contribution >= 0.6 is 0 Å². The van der Waals surface area contributed by atoms with E-state index < -0.39 is 50.8 Å². The van der Waals surface area contributed by atoms with Gasteiger partial charge in [-0.2, -0.15) is 13.2 Å². The third kappa shape index (κ3) is 6.45. The number of carbonyl (C=O) groups is 1. The molecule has 0 aliphatic rings. The Labute approximate surface area is 213 Å². The molecule has 1 unspecified atom stereocenters. The first-order valence-electron chi connectivity index (χ1n) is 10.9. The van der Waals surface area contributed by atoms with Gasteiger partial charge >= 0.3 is 12.5 Å². The van der Waals surface area contributed by atoms with E-state index >= 15 is 0 Å². The van der Waals surface area contributed by atoms with Crippen molar-refractivity contribution in [3.63, 3.8) is 0 Å². The molecule has 2 N–H and O–H groups in total. The van der Waals surface area contributed by atoms with Gasteiger partial charge in [0.25, 0.3) is 0 Å². The molecule has 1 amide bonds. The highest BCUT2D eigenvalue weighted by molar-refractivity contribution is 7.91. The van der Waals surface area contributed by atoms with Crippen molar-refractivity contribution in [2.24, 2.45) is 0 Å². The first kappa shape index (κ1) is 29.0. The number of carbonyl (C=O) groups excluding carboxylic acids is 1. The number of alkyl halides is 6. The Kier molecular flexibility index (Phi) is 8.13. The fourth-order valence-electron chi connectivity index (χ4n) is 3.62. The molecule has 0 heterocycles. The van der Waals surface area contributed by atoms with Crippen LogP contribution in [0.1, 0.15) is 23.6 Å². The maximum Gasteiger partial charge on any atom is 0.573 e. The number of sulfone groups is 1. The number of hydrogen-bond donors (Lipinski definition) is 2. The van der Waals surface area contributed by atoms with Gasteiger partial charge in [0.05, 0.1) is 17.1 Å². The van der Waals surface area contributed by atoms with E-state index in [4.69, 9.17) is 0 Å². The molecule has 0 saturated heterocycles. The van der Waals surface area contributed by atoms with Gasteiger partial charge in [0.15, 0.2) is 9.84 Å². The summed E-state index contributed by atoms with van der Waals surface area (Å²) in [5, 5.41) is 13.2. The quantitative estimate of drug-likeness (QED) is 0.362. The average Bonchev–Trinajstić information content (AvgIpc) is 2.83. The van der Waals surface area contributed by atoms with Crippen molar-refractivity contribution in [2.45, 2.75) is 36.4 Å². The topological polar surface area (TPSA) is 92.7 Å². The first-order chi connectivity index (χ1) is 17.6. The van der Waals surface area contributed by atoms with Crippen LogP contribution in [0.5, 0.6) is 5.75 Å². The zero-order valence-corrected chi connectivity index (χ0v) is 20.4. The van der Waals surface area contributed by atoms with Crippen molar-refractivity contribution >= 4 is 21.4 Å². The van der Waals surface area contributed by atoms with Crippen LogP contribution in [0.4, 0.5) is 32.0 Å². The molecule has 0 bridgehead atoms. The molecule has 0 saturated carbocycles. The van der Waals surface area contributed by atoms with E-state index in [1.807, 2.05) is 0 Å². The minimum atomic E-state index is -5.44. The standard InChI is InChI=1S/C25H21F6NO5S/c1-2-38(35,36)19-13-7-16(8-14-19)15-22(33)32-18-11-9-17(10-12-18)23(34,24(26,27)28)20-5-3-4-6-21(20)37-25(29,30)31/h3-14,34H,2,15H2,1H3,(H,32,33). The molecular weight excluding hydrogens is 540 g/mol. The second-order valence-electron chi connectivity index (χ2n) is 8.10. The number of para-hydroxylation sites is 1. The highest BCUT2D eigenvalue weighted by Crippen LogP contribution is 2.48. The Morgan fingerprint density at radius 1 is 0.895 bits per heavy atom. The molecule has 0 aromatic heterocycles. The molecule has 6 nitrogen and oxygen atoms in total. The van der Waals surface area contributed by atoms with Crippen molar-refractivity contribution in [3.05, 3.63) is 89.5 Å². The molecule has 13 heteroatoms. The Balaban J connectivity index is 1.83. The molecule has 3 aromatic carbocycles. The highest BCUT2D eigenvalue weighted by Gasteiger charge is 2.58. The zero-order chi connectivity index (χ0) is 28.4. The summed E-state index contributed by atoms with van der Waals surface area (Å²) in [6, 6.07) is 12.7. The van der Waals surface area contributed by atoms with E-state index in [1.165, 1.54) is 31.2 Å². The zero-order valence-electron chi connectivity index (χ0n) is 19.6. The fraction of sp³-hybridized carbons (Fsp3) is 0.240. The van der Waals surface area contributed by atoms with Gasteiger partial charge in [-0.15, -0.1) is 13.2 Å². The van der Waals surface area contributed by atoms with Gasteiger partial charge in [0.2, 0.25) is 11.5 Å². The summed E-state index contributed by atoms with van der Waals surface area (Å²) in [6.45, 7) is 1.49. The Bertz CT molecular complexity index is 1390. The van der Waals surface area contributed by atoms with Crippen LogP contribution < -0.4 is 10.1 Å². The number of amides is 1. The van der Waals surface area contributed by atoms with Gasteiger partial charge in [-0.1, -0.05) is 49.4 Å². The van der Waals surface area contributed by atoms with Gasteiger partial charge in [-0.3, -0.25) is 4.79 Å². The number of ether oxygens (including phenoxy) is 1. The van der Waals surface area contributed by atoms with E-state index in [1.54, 1.807) is 0 Å². The summed E-state index contributed by atoms with van der Waals surface area (Å²) in [5.41, 5.74) is -5.32. The van der Waals surface area contributed by atoms with Crippen molar-refractivity contribution in [1.82, 2.24) is 0 Å². The summed E-state index contributed by atoms with van der Waals surface area (Å²) < 4.78 is 108. The predicted molar refractivity (Wildman–Crippen MR) is 125 cm³/mol. The van der Waals surface area contributed by atoms with Gasteiger partial charge in [0, 0.05) is 11.3 Å². The molecule has 204 valence electrons. The Morgan fingerprint density at radius 2 is 1.47 bits per heavy atom. The van der Waals surface area contributed by atoms with Gasteiger partial charge < -0.3 is 15.2 Å². The number of rotatable bonds is 8. The molecule has 3 aromatic rings. The molecular formula is C25H21F6NO5S. The summed E-state index contributed by atoms with van der Waals surface area (Å²) in [4.78, 5) is 12.5. The normalized spacial score (nSPS) is 14.0. The van der Waals surface area contributed by atoms with Crippen molar-refractivity contribution < 1.29 is 49.4 Å². The van der Waals surface area contributed by atoms with Crippen LogP contribution in [0.3, 0.4) is 0 Å². The van der Waals surface area contributed by atoms with Gasteiger partial charge in [-0.25, -0.2) is 8.42 Å². The van der Waals surface area contributed by atoms with E-state index in [-0.39, 0.29) is 22.8 Å². The third-order valence-electron chi connectivity index (χ3n) is 5.53. The number of anilines is 1. The number of aliphatic hydroxyl groups is 1. The minimum Gasteiger partial charge on any atom is -0.405 e. The molecule has 0 radical (unpaired) electrons. The molecule has 0 spiro atoms. The largest absolute Gasteiger partial charge is 0.573 e. The molecule has 0 fully saturated rings. The Morgan fingerprint density at radius 3 is 2.00 bits per heavy atom. The highest BCUT2D eigenvalue weighted by atomic mass is 32.2. The molecule has 1 atom stereocenters. The van der Waals surface area contributed by atoms with E-state index in [9.17, 15) is 44.7 Å². The lowest BCUT2D eigenvalue weighted by Crippen LogP contribution is -2.44. The fourth-order valence-corrected chi connectivity index (χ4v) is 4.50. The maximum atomic E-state index is 14.1. The van der Waals surface area contributed by atoms with E-state index in [2.05, 4.69) is 10.1 Å². The lowest BCUT2D eigenvalue weighted by molar-refractivity contribution is -0.279. The number of benzene rings is 3. The predicted octanol–water partition coefficient (Wildman–Crippen LogP) is 5.36. The van der Waals surface area contributed by atoms with Crippen molar-refractivity contribution in [2.75, 3.05) is 11.1 Å². The maximum absolute atomic E-state index is 14.1. The monoisotopic (exact) mass is 561 g/mol. The SMILES string of the molecule is CCS(=O)(=O)c1ccc(CC(=O)Nc2ccc(C(O)(c3ccccc3OC(F)(F)F)C(F)(F)F)cc2)cc1. The second-order valence-corrected chi connectivity index (χ2v) is 10.4. The first-order valence-corrected chi connectivity index (χ1v) is 12.6. The summed E-state index contributed by atoms with van der Waals surface area (Å²) in [6.07, 6.45) is -10.9. The molecule has 0 aliphatic carbocycles. The van der Waals surface area contributed by atoms with Crippen molar-refractivity contribution in [1.29, 1.82) is 0 Å². The summed E-state index contributed by atoms with van der Waals surface area (Å²) in [5.74, 6) is -1.89. The van der Waals surface area contributed by atoms with Crippen molar-refractivity contribution in [3.8, 4) is 5.75 Å². The third-order valence-corrected chi connectivity index (χ3v) is 7.28. The number of halogens is 6. The van der Waals surface area contributed by atoms with Crippen LogP contribution in [0.2, 0.25) is 0 Å². The smallest absolute Gasteiger partial charge is 0.405 e. The lowest BCUT2D eigenvalue weighted by atomic mass is 9.85. The van der Waals surface area contributed by atoms with Crippen LogP contribution in [-0.2, 0) is 26.7 Å². The minimum absolute atomic E-state index is 0.0493. The van der Waals surface area contributed by atoms with E-state index in [0.717, 1.165) is 36.4 Å². The van der Waals surface area contributed by atoms with E-state index in [0.29, 0.717) is 17.7 Å². The van der Waals surface area contributed by atoms with Crippen LogP contribution in [0.25, 0.3) is 0 Å². The molecule has 38 heavy (non-hydrogen) atoms. The van der Waals surface area contributed by atoms with Crippen LogP contribution in [-0.4, -0.2) is 37.7 Å². The van der Waals surface area contributed by atoms with Gasteiger partial charge in [0.1, 0.15) is 5.75 Å². The average molecular weight is 562 g/mol. The summed E-state index contributed by atoms with van der Waals surface area (Å²) >= 11 is 0. The number of nitrogens with one attached hydrogen (secondary N) is 1. The molecule has 3 rings (SSSR count). The van der Waals surface area contributed by atoms with Crippen LogP contribution in [0.15, 0.2) is 77.7 Å². The summed E-state index contributed by atoms with van der Waals surface area (Å²) in [7, 11) is -3.42. The van der Waals surface area contributed by atoms with Crippen LogP contribution in [0, 0.1) is 0 Å². The van der Waals surface area contributed by atoms with Gasteiger partial charge in [-0.05, 0) is 41.5 Å².